The first-order valence-corrected chi connectivity index (χ1v) is 5.88. The highest BCUT2D eigenvalue weighted by atomic mass is 16.5. The fraction of sp³-hybridized carbons (Fsp3) is 0.917. The lowest BCUT2D eigenvalue weighted by Crippen LogP contribution is -2.37. The standard InChI is InChI=1S/C12H23NO2/c1-12(2,15-3)10-11(14)13-8-6-4-5-7-9-13/h4-10H2,1-3H3. The van der Waals surface area contributed by atoms with Crippen LogP contribution in [-0.4, -0.2) is 36.6 Å². The van der Waals surface area contributed by atoms with E-state index in [4.69, 9.17) is 4.74 Å². The van der Waals surface area contributed by atoms with Crippen LogP contribution in [0.3, 0.4) is 0 Å². The molecule has 0 saturated carbocycles. The van der Waals surface area contributed by atoms with Crippen LogP contribution in [0.2, 0.25) is 0 Å². The lowest BCUT2D eigenvalue weighted by Gasteiger charge is -2.27. The molecule has 88 valence electrons. The van der Waals surface area contributed by atoms with Crippen molar-refractivity contribution in [1.82, 2.24) is 4.90 Å². The van der Waals surface area contributed by atoms with Gasteiger partial charge in [-0.25, -0.2) is 0 Å². The van der Waals surface area contributed by atoms with Crippen molar-refractivity contribution in [2.75, 3.05) is 20.2 Å². The predicted octanol–water partition coefficient (Wildman–Crippen LogP) is 2.20. The van der Waals surface area contributed by atoms with Gasteiger partial charge in [-0.3, -0.25) is 4.79 Å². The molecule has 1 amide bonds. The van der Waals surface area contributed by atoms with Crippen LogP contribution < -0.4 is 0 Å². The Hall–Kier alpha value is -0.570. The van der Waals surface area contributed by atoms with E-state index in [9.17, 15) is 4.79 Å². The Labute approximate surface area is 92.8 Å². The van der Waals surface area contributed by atoms with E-state index in [1.807, 2.05) is 18.7 Å². The molecule has 1 aliphatic rings. The fourth-order valence-electron chi connectivity index (χ4n) is 1.87. The Balaban J connectivity index is 2.44. The quantitative estimate of drug-likeness (QED) is 0.719. The van der Waals surface area contributed by atoms with Crippen LogP contribution >= 0.6 is 0 Å². The highest BCUT2D eigenvalue weighted by Gasteiger charge is 2.25. The zero-order chi connectivity index (χ0) is 11.3. The zero-order valence-electron chi connectivity index (χ0n) is 10.2. The summed E-state index contributed by atoms with van der Waals surface area (Å²) in [6.07, 6.45) is 5.32. The molecule has 0 unspecified atom stereocenters. The van der Waals surface area contributed by atoms with E-state index in [0.29, 0.717) is 6.42 Å². The third kappa shape index (κ3) is 4.20. The van der Waals surface area contributed by atoms with Gasteiger partial charge in [0.2, 0.25) is 5.91 Å². The van der Waals surface area contributed by atoms with Crippen LogP contribution in [0, 0.1) is 0 Å². The fourth-order valence-corrected chi connectivity index (χ4v) is 1.87. The molecule has 3 heteroatoms. The summed E-state index contributed by atoms with van der Waals surface area (Å²) in [7, 11) is 1.66. The van der Waals surface area contributed by atoms with Crippen molar-refractivity contribution in [2.24, 2.45) is 0 Å². The Bertz CT molecular complexity index is 206. The van der Waals surface area contributed by atoms with Crippen LogP contribution in [0.5, 0.6) is 0 Å². The van der Waals surface area contributed by atoms with Gasteiger partial charge in [0.05, 0.1) is 12.0 Å². The number of carbonyl (C=O) groups excluding carboxylic acids is 1. The smallest absolute Gasteiger partial charge is 0.225 e. The number of nitrogens with zero attached hydrogens (tertiary/aromatic N) is 1. The van der Waals surface area contributed by atoms with E-state index < -0.39 is 0 Å². The lowest BCUT2D eigenvalue weighted by molar-refractivity contribution is -0.136. The number of hydrogen-bond donors (Lipinski definition) is 0. The van der Waals surface area contributed by atoms with Crippen molar-refractivity contribution in [3.8, 4) is 0 Å². The van der Waals surface area contributed by atoms with Crippen LogP contribution in [0.4, 0.5) is 0 Å². The minimum absolute atomic E-state index is 0.240. The first kappa shape index (κ1) is 12.5. The molecule has 0 aromatic carbocycles. The monoisotopic (exact) mass is 213 g/mol. The Morgan fingerprint density at radius 2 is 1.73 bits per heavy atom. The molecule has 1 saturated heterocycles. The molecular weight excluding hydrogens is 190 g/mol. The second kappa shape index (κ2) is 5.50. The molecule has 0 spiro atoms. The normalized spacial score (nSPS) is 18.7. The molecule has 0 aromatic heterocycles. The largest absolute Gasteiger partial charge is 0.378 e. The number of hydrogen-bond acceptors (Lipinski definition) is 2. The second-order valence-electron chi connectivity index (χ2n) is 4.94. The van der Waals surface area contributed by atoms with Crippen molar-refractivity contribution in [1.29, 1.82) is 0 Å². The van der Waals surface area contributed by atoms with E-state index in [1.165, 1.54) is 12.8 Å². The van der Waals surface area contributed by atoms with Crippen molar-refractivity contribution in [3.63, 3.8) is 0 Å². The third-order valence-corrected chi connectivity index (χ3v) is 3.09. The predicted molar refractivity (Wildman–Crippen MR) is 60.8 cm³/mol. The molecule has 0 atom stereocenters. The van der Waals surface area contributed by atoms with Gasteiger partial charge >= 0.3 is 0 Å². The molecule has 1 fully saturated rings. The van der Waals surface area contributed by atoms with E-state index in [2.05, 4.69) is 0 Å². The summed E-state index contributed by atoms with van der Waals surface area (Å²) < 4.78 is 5.28. The van der Waals surface area contributed by atoms with Crippen molar-refractivity contribution in [2.45, 2.75) is 51.6 Å². The minimum atomic E-state index is -0.330. The number of carbonyl (C=O) groups is 1. The first-order chi connectivity index (χ1) is 7.05. The Kier molecular flexibility index (Phi) is 4.58. The summed E-state index contributed by atoms with van der Waals surface area (Å²) in [6.45, 7) is 5.78. The van der Waals surface area contributed by atoms with Gasteiger partial charge in [0.15, 0.2) is 0 Å². The number of amides is 1. The Morgan fingerprint density at radius 3 is 2.20 bits per heavy atom. The van der Waals surface area contributed by atoms with Crippen molar-refractivity contribution in [3.05, 3.63) is 0 Å². The molecular formula is C12H23NO2. The second-order valence-corrected chi connectivity index (χ2v) is 4.94. The maximum absolute atomic E-state index is 12.0. The summed E-state index contributed by atoms with van der Waals surface area (Å²) in [5, 5.41) is 0. The van der Waals surface area contributed by atoms with E-state index in [-0.39, 0.29) is 11.5 Å². The van der Waals surface area contributed by atoms with Gasteiger partial charge in [-0.2, -0.15) is 0 Å². The molecule has 0 radical (unpaired) electrons. The molecule has 0 bridgehead atoms. The summed E-state index contributed by atoms with van der Waals surface area (Å²) in [6, 6.07) is 0. The van der Waals surface area contributed by atoms with E-state index >= 15 is 0 Å². The van der Waals surface area contributed by atoms with Gasteiger partial charge in [0, 0.05) is 20.2 Å². The van der Waals surface area contributed by atoms with Gasteiger partial charge in [-0.1, -0.05) is 12.8 Å². The van der Waals surface area contributed by atoms with Gasteiger partial charge in [0.25, 0.3) is 0 Å². The molecule has 0 aliphatic carbocycles. The van der Waals surface area contributed by atoms with Crippen LogP contribution in [0.1, 0.15) is 46.0 Å². The van der Waals surface area contributed by atoms with Gasteiger partial charge < -0.3 is 9.64 Å². The average Bonchev–Trinajstić information content (AvgIpc) is 2.45. The highest BCUT2D eigenvalue weighted by Crippen LogP contribution is 2.17. The summed E-state index contributed by atoms with van der Waals surface area (Å²) in [5.41, 5.74) is -0.330. The number of methoxy groups -OCH3 is 1. The van der Waals surface area contributed by atoms with Crippen LogP contribution in [-0.2, 0) is 9.53 Å². The zero-order valence-corrected chi connectivity index (χ0v) is 10.2. The van der Waals surface area contributed by atoms with Gasteiger partial charge in [-0.15, -0.1) is 0 Å². The molecule has 1 aliphatic heterocycles. The number of ether oxygens (including phenoxy) is 1. The number of likely N-dealkylation sites (tertiary alicyclic amines) is 1. The molecule has 1 heterocycles. The van der Waals surface area contributed by atoms with Crippen molar-refractivity contribution >= 4 is 5.91 Å². The topological polar surface area (TPSA) is 29.5 Å². The van der Waals surface area contributed by atoms with Crippen molar-refractivity contribution < 1.29 is 9.53 Å². The number of rotatable bonds is 3. The molecule has 15 heavy (non-hydrogen) atoms. The van der Waals surface area contributed by atoms with E-state index in [1.54, 1.807) is 7.11 Å². The summed E-state index contributed by atoms with van der Waals surface area (Å²) >= 11 is 0. The van der Waals surface area contributed by atoms with Crippen LogP contribution in [0.15, 0.2) is 0 Å². The first-order valence-electron chi connectivity index (χ1n) is 5.88. The summed E-state index contributed by atoms with van der Waals surface area (Å²) in [5.74, 6) is 0.240. The third-order valence-electron chi connectivity index (χ3n) is 3.09. The Morgan fingerprint density at radius 1 is 1.20 bits per heavy atom. The lowest BCUT2D eigenvalue weighted by atomic mass is 10.0. The molecule has 0 aromatic rings. The molecule has 1 rings (SSSR count). The van der Waals surface area contributed by atoms with Gasteiger partial charge in [0.1, 0.15) is 0 Å². The summed E-state index contributed by atoms with van der Waals surface area (Å²) in [4.78, 5) is 14.0. The molecule has 3 nitrogen and oxygen atoms in total. The SMILES string of the molecule is COC(C)(C)CC(=O)N1CCCCCC1. The van der Waals surface area contributed by atoms with Crippen LogP contribution in [0.25, 0.3) is 0 Å². The minimum Gasteiger partial charge on any atom is -0.378 e. The average molecular weight is 213 g/mol. The van der Waals surface area contributed by atoms with E-state index in [0.717, 1.165) is 25.9 Å². The van der Waals surface area contributed by atoms with Gasteiger partial charge in [-0.05, 0) is 26.7 Å². The maximum Gasteiger partial charge on any atom is 0.225 e. The highest BCUT2D eigenvalue weighted by molar-refractivity contribution is 5.77. The molecule has 0 N–H and O–H groups in total. The maximum atomic E-state index is 12.0.